The maximum atomic E-state index is 12.7. The first kappa shape index (κ1) is 21.6. The van der Waals surface area contributed by atoms with Gasteiger partial charge in [0.05, 0.1) is 0 Å². The standard InChI is InChI=1S/C23H23ClN2O4/c1-16(27)30-21-4-2-3-18(15-21)23(29)26-13-11-20(12-14-26)25-22(28)10-7-17-5-8-19(24)9-6-17/h2-10,15,20H,11-14H2,1H3,(H,25,28)/b10-7+. The molecule has 0 bridgehead atoms. The topological polar surface area (TPSA) is 75.7 Å². The molecule has 0 aliphatic carbocycles. The zero-order chi connectivity index (χ0) is 21.5. The van der Waals surface area contributed by atoms with E-state index in [2.05, 4.69) is 5.32 Å². The normalized spacial score (nSPS) is 14.5. The van der Waals surface area contributed by atoms with Crippen molar-refractivity contribution in [2.24, 2.45) is 0 Å². The van der Waals surface area contributed by atoms with Crippen molar-refractivity contribution in [2.75, 3.05) is 13.1 Å². The fourth-order valence-electron chi connectivity index (χ4n) is 3.26. The van der Waals surface area contributed by atoms with Gasteiger partial charge in [0.15, 0.2) is 0 Å². The minimum atomic E-state index is -0.429. The number of halogens is 1. The highest BCUT2D eigenvalue weighted by molar-refractivity contribution is 6.30. The van der Waals surface area contributed by atoms with Crippen LogP contribution in [0, 0.1) is 0 Å². The van der Waals surface area contributed by atoms with Crippen LogP contribution in [0.5, 0.6) is 5.75 Å². The van der Waals surface area contributed by atoms with Gasteiger partial charge in [0.1, 0.15) is 5.75 Å². The van der Waals surface area contributed by atoms with Gasteiger partial charge in [-0.2, -0.15) is 0 Å². The van der Waals surface area contributed by atoms with E-state index in [-0.39, 0.29) is 17.9 Å². The molecule has 0 unspecified atom stereocenters. The third-order valence-corrected chi connectivity index (χ3v) is 5.02. The zero-order valence-electron chi connectivity index (χ0n) is 16.6. The number of likely N-dealkylation sites (tertiary alicyclic amines) is 1. The average molecular weight is 427 g/mol. The van der Waals surface area contributed by atoms with Gasteiger partial charge in [0, 0.05) is 42.7 Å². The molecule has 6 nitrogen and oxygen atoms in total. The number of carbonyl (C=O) groups excluding carboxylic acids is 3. The van der Waals surface area contributed by atoms with E-state index in [4.69, 9.17) is 16.3 Å². The molecule has 156 valence electrons. The van der Waals surface area contributed by atoms with Crippen molar-refractivity contribution in [1.82, 2.24) is 10.2 Å². The van der Waals surface area contributed by atoms with Crippen LogP contribution in [0.3, 0.4) is 0 Å². The summed E-state index contributed by atoms with van der Waals surface area (Å²) in [4.78, 5) is 37.7. The van der Waals surface area contributed by atoms with Crippen molar-refractivity contribution < 1.29 is 19.1 Å². The summed E-state index contributed by atoms with van der Waals surface area (Å²) in [5, 5.41) is 3.63. The van der Waals surface area contributed by atoms with E-state index in [0.29, 0.717) is 42.3 Å². The molecule has 0 saturated carbocycles. The van der Waals surface area contributed by atoms with Crippen LogP contribution in [-0.4, -0.2) is 41.8 Å². The van der Waals surface area contributed by atoms with E-state index in [1.165, 1.54) is 13.0 Å². The zero-order valence-corrected chi connectivity index (χ0v) is 17.4. The molecule has 0 aromatic heterocycles. The van der Waals surface area contributed by atoms with E-state index < -0.39 is 5.97 Å². The van der Waals surface area contributed by atoms with Gasteiger partial charge in [-0.3, -0.25) is 14.4 Å². The van der Waals surface area contributed by atoms with Gasteiger partial charge in [-0.25, -0.2) is 0 Å². The van der Waals surface area contributed by atoms with Crippen LogP contribution in [0.25, 0.3) is 6.08 Å². The summed E-state index contributed by atoms with van der Waals surface area (Å²) in [5.74, 6) is -0.357. The Bertz CT molecular complexity index is 948. The van der Waals surface area contributed by atoms with Crippen LogP contribution in [0.15, 0.2) is 54.6 Å². The summed E-state index contributed by atoms with van der Waals surface area (Å²) in [6.45, 7) is 2.41. The van der Waals surface area contributed by atoms with Gasteiger partial charge in [-0.1, -0.05) is 29.8 Å². The second-order valence-corrected chi connectivity index (χ2v) is 7.52. The fourth-order valence-corrected chi connectivity index (χ4v) is 3.39. The number of ether oxygens (including phenoxy) is 1. The Hall–Kier alpha value is -3.12. The van der Waals surface area contributed by atoms with E-state index in [1.54, 1.807) is 47.4 Å². The monoisotopic (exact) mass is 426 g/mol. The SMILES string of the molecule is CC(=O)Oc1cccc(C(=O)N2CCC(NC(=O)/C=C/c3ccc(Cl)cc3)CC2)c1. The molecule has 1 aliphatic rings. The second kappa shape index (κ2) is 10.1. The molecule has 3 rings (SSSR count). The number of hydrogen-bond acceptors (Lipinski definition) is 4. The van der Waals surface area contributed by atoms with Crippen molar-refractivity contribution in [3.8, 4) is 5.75 Å². The third kappa shape index (κ3) is 6.19. The molecule has 1 N–H and O–H groups in total. The Balaban J connectivity index is 1.49. The molecule has 2 aromatic rings. The largest absolute Gasteiger partial charge is 0.427 e. The lowest BCUT2D eigenvalue weighted by molar-refractivity contribution is -0.131. The number of esters is 1. The molecular formula is C23H23ClN2O4. The number of nitrogens with zero attached hydrogens (tertiary/aromatic N) is 1. The lowest BCUT2D eigenvalue weighted by atomic mass is 10.0. The van der Waals surface area contributed by atoms with Crippen LogP contribution in [-0.2, 0) is 9.59 Å². The number of piperidine rings is 1. The molecule has 2 amide bonds. The van der Waals surface area contributed by atoms with Crippen molar-refractivity contribution in [3.05, 3.63) is 70.8 Å². The van der Waals surface area contributed by atoms with Crippen LogP contribution in [0.4, 0.5) is 0 Å². The highest BCUT2D eigenvalue weighted by atomic mass is 35.5. The van der Waals surface area contributed by atoms with Crippen molar-refractivity contribution in [3.63, 3.8) is 0 Å². The summed E-state index contributed by atoms with van der Waals surface area (Å²) in [5.41, 5.74) is 1.37. The molecule has 1 heterocycles. The Labute approximate surface area is 180 Å². The summed E-state index contributed by atoms with van der Waals surface area (Å²) in [6, 6.07) is 13.8. The van der Waals surface area contributed by atoms with Crippen LogP contribution >= 0.6 is 11.6 Å². The number of rotatable bonds is 5. The van der Waals surface area contributed by atoms with Gasteiger partial charge in [-0.05, 0) is 54.8 Å². The Morgan fingerprint density at radius 1 is 1.10 bits per heavy atom. The van der Waals surface area contributed by atoms with Crippen LogP contribution in [0.2, 0.25) is 5.02 Å². The van der Waals surface area contributed by atoms with Gasteiger partial charge < -0.3 is 15.0 Å². The van der Waals surface area contributed by atoms with Gasteiger partial charge >= 0.3 is 5.97 Å². The molecule has 0 spiro atoms. The minimum Gasteiger partial charge on any atom is -0.427 e. The van der Waals surface area contributed by atoms with Crippen molar-refractivity contribution >= 4 is 35.5 Å². The first-order chi connectivity index (χ1) is 14.4. The molecule has 1 aliphatic heterocycles. The van der Waals surface area contributed by atoms with Crippen LogP contribution < -0.4 is 10.1 Å². The van der Waals surface area contributed by atoms with Gasteiger partial charge in [0.25, 0.3) is 5.91 Å². The van der Waals surface area contributed by atoms with Gasteiger partial charge in [0.2, 0.25) is 5.91 Å². The molecule has 30 heavy (non-hydrogen) atoms. The predicted octanol–water partition coefficient (Wildman–Crippen LogP) is 3.70. The number of hydrogen-bond donors (Lipinski definition) is 1. The smallest absolute Gasteiger partial charge is 0.308 e. The molecule has 1 fully saturated rings. The second-order valence-electron chi connectivity index (χ2n) is 7.08. The first-order valence-corrected chi connectivity index (χ1v) is 10.1. The maximum Gasteiger partial charge on any atom is 0.308 e. The summed E-state index contributed by atoms with van der Waals surface area (Å²) in [7, 11) is 0. The van der Waals surface area contributed by atoms with E-state index >= 15 is 0 Å². The molecule has 0 radical (unpaired) electrons. The molecule has 1 saturated heterocycles. The number of benzene rings is 2. The maximum absolute atomic E-state index is 12.7. The highest BCUT2D eigenvalue weighted by Gasteiger charge is 2.24. The molecule has 7 heteroatoms. The number of amides is 2. The number of carbonyl (C=O) groups is 3. The highest BCUT2D eigenvalue weighted by Crippen LogP contribution is 2.18. The van der Waals surface area contributed by atoms with E-state index in [1.807, 2.05) is 12.1 Å². The Morgan fingerprint density at radius 2 is 1.80 bits per heavy atom. The summed E-state index contributed by atoms with van der Waals surface area (Å²) >= 11 is 5.85. The van der Waals surface area contributed by atoms with E-state index in [9.17, 15) is 14.4 Å². The first-order valence-electron chi connectivity index (χ1n) is 9.72. The third-order valence-electron chi connectivity index (χ3n) is 4.77. The van der Waals surface area contributed by atoms with Crippen LogP contribution in [0.1, 0.15) is 35.7 Å². The molecule has 2 aromatic carbocycles. The quantitative estimate of drug-likeness (QED) is 0.449. The Morgan fingerprint density at radius 3 is 2.47 bits per heavy atom. The minimum absolute atomic E-state index is 0.0174. The van der Waals surface area contributed by atoms with E-state index in [0.717, 1.165) is 5.56 Å². The molecule has 0 atom stereocenters. The summed E-state index contributed by atoms with van der Waals surface area (Å²) < 4.78 is 5.04. The summed E-state index contributed by atoms with van der Waals surface area (Å²) in [6.07, 6.45) is 4.59. The number of nitrogens with one attached hydrogen (secondary N) is 1. The van der Waals surface area contributed by atoms with Gasteiger partial charge in [-0.15, -0.1) is 0 Å². The lowest BCUT2D eigenvalue weighted by Crippen LogP contribution is -2.46. The fraction of sp³-hybridized carbons (Fsp3) is 0.261. The predicted molar refractivity (Wildman–Crippen MR) is 115 cm³/mol. The van der Waals surface area contributed by atoms with Crippen molar-refractivity contribution in [1.29, 1.82) is 0 Å². The average Bonchev–Trinajstić information content (AvgIpc) is 2.73. The Kier molecular flexibility index (Phi) is 7.25. The lowest BCUT2D eigenvalue weighted by Gasteiger charge is -2.32. The molecular weight excluding hydrogens is 404 g/mol. The van der Waals surface area contributed by atoms with Crippen molar-refractivity contribution in [2.45, 2.75) is 25.8 Å².